The van der Waals surface area contributed by atoms with Crippen LogP contribution in [0, 0.1) is 0 Å². The van der Waals surface area contributed by atoms with Crippen LogP contribution >= 0.6 is 0 Å². The van der Waals surface area contributed by atoms with Crippen LogP contribution in [-0.2, 0) is 28.8 Å². The molecule has 0 saturated heterocycles. The normalized spacial score (nSPS) is 6.40. The van der Waals surface area contributed by atoms with E-state index >= 15 is 0 Å². The summed E-state index contributed by atoms with van der Waals surface area (Å²) in [6.45, 7) is 0. The molecule has 0 fully saturated rings. The molecule has 112 valence electrons. The molecule has 0 radical (unpaired) electrons. The van der Waals surface area contributed by atoms with E-state index in [1.165, 1.54) is 0 Å². The Balaban J connectivity index is -0.0000000408. The van der Waals surface area contributed by atoms with Crippen molar-refractivity contribution in [1.82, 2.24) is 0 Å². The number of ketones is 2. The van der Waals surface area contributed by atoms with Gasteiger partial charge in [-0.05, 0) is 0 Å². The van der Waals surface area contributed by atoms with Gasteiger partial charge < -0.3 is 46.4 Å². The average molecular weight is 328 g/mol. The maximum atomic E-state index is 9.58. The monoisotopic (exact) mass is 328 g/mol. The molecule has 0 saturated carbocycles. The molecule has 14 heteroatoms. The van der Waals surface area contributed by atoms with Crippen LogP contribution in [0.3, 0.4) is 0 Å². The summed E-state index contributed by atoms with van der Waals surface area (Å²) >= 11 is 0. The third kappa shape index (κ3) is 18.7. The van der Waals surface area contributed by atoms with Gasteiger partial charge in [0.1, 0.15) is 11.9 Å². The molecular formula is C6H8CaO13. The fourth-order valence-electron chi connectivity index (χ4n) is 0.175. The Morgan fingerprint density at radius 3 is 0.750 bits per heavy atom. The molecule has 0 aliphatic carbocycles. The smallest absolute Gasteiger partial charge is 0.541 e. The van der Waals surface area contributed by atoms with E-state index in [-0.39, 0.29) is 54.2 Å². The molecule has 0 spiro atoms. The minimum atomic E-state index is -2.20. The summed E-state index contributed by atoms with van der Waals surface area (Å²) in [7, 11) is 0. The maximum absolute atomic E-state index is 9.58. The van der Waals surface area contributed by atoms with Gasteiger partial charge in [-0.25, -0.2) is 9.59 Å². The second-order valence-corrected chi connectivity index (χ2v) is 1.84. The Morgan fingerprint density at radius 1 is 0.600 bits per heavy atom. The van der Waals surface area contributed by atoms with Crippen molar-refractivity contribution >= 4 is 73.2 Å². The zero-order valence-electron chi connectivity index (χ0n) is 9.37. The first-order valence-corrected chi connectivity index (χ1v) is 3.08. The van der Waals surface area contributed by atoms with E-state index in [1.807, 2.05) is 0 Å². The summed E-state index contributed by atoms with van der Waals surface area (Å²) in [6.07, 6.45) is 0. The van der Waals surface area contributed by atoms with Crippen molar-refractivity contribution in [3.05, 3.63) is 0 Å². The molecule has 0 aromatic rings. The van der Waals surface area contributed by atoms with E-state index in [1.54, 1.807) is 0 Å². The molecule has 0 rings (SSSR count). The summed E-state index contributed by atoms with van der Waals surface area (Å²) in [5.41, 5.74) is 0. The van der Waals surface area contributed by atoms with Crippen LogP contribution < -0.4 is 10.2 Å². The van der Waals surface area contributed by atoms with E-state index < -0.39 is 35.4 Å². The van der Waals surface area contributed by atoms with Gasteiger partial charge in [0, 0.05) is 0 Å². The predicted octanol–water partition coefficient (Wildman–Crippen LogP) is -8.07. The molecule has 0 heterocycles. The summed E-state index contributed by atoms with van der Waals surface area (Å²) in [5.74, 6) is -12.3. The van der Waals surface area contributed by atoms with Crippen LogP contribution in [0.5, 0.6) is 0 Å². The van der Waals surface area contributed by atoms with Crippen molar-refractivity contribution in [3.8, 4) is 0 Å². The van der Waals surface area contributed by atoms with Crippen LogP contribution in [0.25, 0.3) is 0 Å². The zero-order valence-corrected chi connectivity index (χ0v) is 11.6. The number of carbonyl (C=O) groups excluding carboxylic acids is 4. The van der Waals surface area contributed by atoms with Crippen molar-refractivity contribution in [2.24, 2.45) is 0 Å². The summed E-state index contributed by atoms with van der Waals surface area (Å²) in [6, 6.07) is 0. The number of hydrogen-bond acceptors (Lipinski definition) is 8. The minimum Gasteiger partial charge on any atom is -0.541 e. The van der Waals surface area contributed by atoms with Crippen molar-refractivity contribution in [1.29, 1.82) is 0 Å². The van der Waals surface area contributed by atoms with Crippen molar-refractivity contribution < 1.29 is 65.6 Å². The van der Waals surface area contributed by atoms with Crippen LogP contribution in [-0.4, -0.2) is 99.8 Å². The summed E-state index contributed by atoms with van der Waals surface area (Å²) in [5, 5.41) is 33.8. The van der Waals surface area contributed by atoms with Crippen LogP contribution in [0.15, 0.2) is 0 Å². The third-order valence-electron chi connectivity index (χ3n) is 0.759. The molecule has 0 unspecified atom stereocenters. The zero-order chi connectivity index (χ0) is 13.5. The number of rotatable bonds is 4. The number of carboxylic acid groups (broad SMARTS) is 4. The number of Topliss-reactive ketones (excluding diaryl/α,β-unsaturated/α-hetero) is 2. The van der Waals surface area contributed by atoms with Gasteiger partial charge in [0.25, 0.3) is 11.6 Å². The van der Waals surface area contributed by atoms with Gasteiger partial charge in [0.2, 0.25) is 0 Å². The van der Waals surface area contributed by atoms with Gasteiger partial charge in [0.05, 0.1) is 0 Å². The second kappa shape index (κ2) is 17.4. The molecule has 0 aliphatic heterocycles. The van der Waals surface area contributed by atoms with Gasteiger partial charge in [-0.1, -0.05) is 0 Å². The standard InChI is InChI=1S/2C3H2O5.Ca.3H2O/c2*4-1(2(5)6)3(7)8;;;;/h2*(H,5,6)(H,7,8);;3*1H2/q;;+2;;;/p-2. The molecule has 20 heavy (non-hydrogen) atoms. The minimum absolute atomic E-state index is 0. The number of hydrogen-bond donors (Lipinski definition) is 2. The molecule has 0 aromatic heterocycles. The van der Waals surface area contributed by atoms with Gasteiger partial charge in [-0.2, -0.15) is 0 Å². The third-order valence-corrected chi connectivity index (χ3v) is 0.759. The Labute approximate surface area is 138 Å². The number of carbonyl (C=O) groups is 6. The Bertz CT molecular complexity index is 303. The molecule has 0 amide bonds. The predicted molar refractivity (Wildman–Crippen MR) is 51.9 cm³/mol. The first kappa shape index (κ1) is 36.2. The van der Waals surface area contributed by atoms with Gasteiger partial charge in [-0.3, -0.25) is 9.59 Å². The fourth-order valence-corrected chi connectivity index (χ4v) is 0.175. The molecular weight excluding hydrogens is 320 g/mol. The fraction of sp³-hybridized carbons (Fsp3) is 0. The van der Waals surface area contributed by atoms with E-state index in [4.69, 9.17) is 10.2 Å². The number of aliphatic carboxylic acids is 4. The first-order chi connectivity index (χ1) is 7.11. The largest absolute Gasteiger partial charge is 2.00 e. The van der Waals surface area contributed by atoms with E-state index in [0.29, 0.717) is 0 Å². The van der Waals surface area contributed by atoms with E-state index in [2.05, 4.69) is 0 Å². The van der Waals surface area contributed by atoms with Gasteiger partial charge >= 0.3 is 49.7 Å². The van der Waals surface area contributed by atoms with Crippen molar-refractivity contribution in [3.63, 3.8) is 0 Å². The average Bonchev–Trinajstić information content (AvgIpc) is 2.15. The van der Waals surface area contributed by atoms with E-state index in [0.717, 1.165) is 0 Å². The van der Waals surface area contributed by atoms with E-state index in [9.17, 15) is 39.0 Å². The molecule has 13 nitrogen and oxygen atoms in total. The van der Waals surface area contributed by atoms with Crippen molar-refractivity contribution in [2.75, 3.05) is 0 Å². The van der Waals surface area contributed by atoms with Gasteiger partial charge in [-0.15, -0.1) is 0 Å². The van der Waals surface area contributed by atoms with Crippen LogP contribution in [0.2, 0.25) is 0 Å². The molecule has 8 N–H and O–H groups in total. The molecule has 0 bridgehead atoms. The molecule has 0 aromatic carbocycles. The Morgan fingerprint density at radius 2 is 0.750 bits per heavy atom. The van der Waals surface area contributed by atoms with Crippen LogP contribution in [0.1, 0.15) is 0 Å². The summed E-state index contributed by atoms with van der Waals surface area (Å²) in [4.78, 5) is 56.5. The summed E-state index contributed by atoms with van der Waals surface area (Å²) < 4.78 is 0. The van der Waals surface area contributed by atoms with Crippen LogP contribution in [0.4, 0.5) is 0 Å². The number of carboxylic acids is 4. The molecule has 0 atom stereocenters. The quantitative estimate of drug-likeness (QED) is 0.279. The van der Waals surface area contributed by atoms with Crippen molar-refractivity contribution in [2.45, 2.75) is 0 Å². The molecule has 0 aliphatic rings. The van der Waals surface area contributed by atoms with Gasteiger partial charge in [0.15, 0.2) is 0 Å². The topological polar surface area (TPSA) is 284 Å². The first-order valence-electron chi connectivity index (χ1n) is 3.08. The Kier molecular flexibility index (Phi) is 31.4. The Hall–Kier alpha value is -1.64. The SMILES string of the molecule is O.O.O.O=C([O-])C(=O)C(=O)O.O=C([O-])C(=O)C(=O)O.[Ca+2]. The second-order valence-electron chi connectivity index (χ2n) is 1.84. The maximum Gasteiger partial charge on any atom is 2.00 e.